The van der Waals surface area contributed by atoms with Crippen molar-refractivity contribution in [2.75, 3.05) is 25.6 Å². The SMILES string of the molecule is COc1ccc(N(C)C(CN)c2ccc(Br)cc2Cl)cc1. The van der Waals surface area contributed by atoms with Gasteiger partial charge in [-0.05, 0) is 42.0 Å². The molecule has 0 heterocycles. The van der Waals surface area contributed by atoms with E-state index in [2.05, 4.69) is 20.8 Å². The Hall–Kier alpha value is -1.23. The quantitative estimate of drug-likeness (QED) is 0.856. The van der Waals surface area contributed by atoms with Crippen LogP contribution in [0.2, 0.25) is 5.02 Å². The zero-order valence-electron chi connectivity index (χ0n) is 12.0. The summed E-state index contributed by atoms with van der Waals surface area (Å²) >= 11 is 9.77. The standard InChI is InChI=1S/C16H18BrClN2O/c1-20(12-4-6-13(21-2)7-5-12)16(10-19)14-8-3-11(17)9-15(14)18/h3-9,16H,10,19H2,1-2H3. The molecule has 1 atom stereocenters. The van der Waals surface area contributed by atoms with Crippen molar-refractivity contribution in [3.8, 4) is 5.75 Å². The molecule has 0 bridgehead atoms. The third kappa shape index (κ3) is 3.70. The van der Waals surface area contributed by atoms with E-state index in [1.54, 1.807) is 7.11 Å². The van der Waals surface area contributed by atoms with Crippen LogP contribution in [0.25, 0.3) is 0 Å². The second-order valence-corrected chi connectivity index (χ2v) is 6.05. The molecule has 0 aliphatic rings. The van der Waals surface area contributed by atoms with Gasteiger partial charge in [-0.15, -0.1) is 0 Å². The lowest BCUT2D eigenvalue weighted by atomic mass is 10.0. The van der Waals surface area contributed by atoms with Crippen LogP contribution in [0.15, 0.2) is 46.9 Å². The Bertz CT molecular complexity index is 604. The van der Waals surface area contributed by atoms with E-state index in [9.17, 15) is 0 Å². The second-order valence-electron chi connectivity index (χ2n) is 4.73. The number of methoxy groups -OCH3 is 1. The van der Waals surface area contributed by atoms with E-state index in [0.717, 1.165) is 21.5 Å². The number of rotatable bonds is 5. The number of hydrogen-bond donors (Lipinski definition) is 1. The molecule has 0 saturated heterocycles. The molecule has 0 saturated carbocycles. The smallest absolute Gasteiger partial charge is 0.119 e. The molecule has 2 N–H and O–H groups in total. The normalized spacial score (nSPS) is 12.0. The number of ether oxygens (including phenoxy) is 1. The first-order valence-electron chi connectivity index (χ1n) is 6.58. The average Bonchev–Trinajstić information content (AvgIpc) is 2.50. The summed E-state index contributed by atoms with van der Waals surface area (Å²) in [5, 5.41) is 0.709. The Labute approximate surface area is 138 Å². The van der Waals surface area contributed by atoms with Gasteiger partial charge in [0.2, 0.25) is 0 Å². The third-order valence-electron chi connectivity index (χ3n) is 3.49. The Morgan fingerprint density at radius 3 is 2.43 bits per heavy atom. The second kappa shape index (κ2) is 7.16. The van der Waals surface area contributed by atoms with Crippen LogP contribution in [0, 0.1) is 0 Å². The van der Waals surface area contributed by atoms with Gasteiger partial charge in [-0.3, -0.25) is 0 Å². The van der Waals surface area contributed by atoms with Gasteiger partial charge < -0.3 is 15.4 Å². The molecule has 0 amide bonds. The summed E-state index contributed by atoms with van der Waals surface area (Å²) in [6.07, 6.45) is 0. The van der Waals surface area contributed by atoms with Crippen molar-refractivity contribution in [1.82, 2.24) is 0 Å². The molecule has 0 aliphatic carbocycles. The molecule has 2 rings (SSSR count). The predicted molar refractivity (Wildman–Crippen MR) is 92.3 cm³/mol. The third-order valence-corrected chi connectivity index (χ3v) is 4.31. The molecule has 0 aliphatic heterocycles. The van der Waals surface area contributed by atoms with Crippen molar-refractivity contribution < 1.29 is 4.74 Å². The maximum atomic E-state index is 6.35. The topological polar surface area (TPSA) is 38.5 Å². The van der Waals surface area contributed by atoms with Gasteiger partial charge in [0.25, 0.3) is 0 Å². The lowest BCUT2D eigenvalue weighted by Gasteiger charge is -2.30. The molecule has 1 unspecified atom stereocenters. The summed E-state index contributed by atoms with van der Waals surface area (Å²) in [5.74, 6) is 0.832. The molecule has 0 aromatic heterocycles. The summed E-state index contributed by atoms with van der Waals surface area (Å²) in [5.41, 5.74) is 8.04. The largest absolute Gasteiger partial charge is 0.497 e. The molecule has 0 fully saturated rings. The summed E-state index contributed by atoms with van der Waals surface area (Å²) in [6, 6.07) is 13.8. The minimum absolute atomic E-state index is 0.0130. The zero-order valence-corrected chi connectivity index (χ0v) is 14.4. The maximum Gasteiger partial charge on any atom is 0.119 e. The summed E-state index contributed by atoms with van der Waals surface area (Å²) in [7, 11) is 3.67. The van der Waals surface area contributed by atoms with Crippen LogP contribution in [0.5, 0.6) is 5.75 Å². The number of nitrogens with two attached hydrogens (primary N) is 1. The highest BCUT2D eigenvalue weighted by atomic mass is 79.9. The van der Waals surface area contributed by atoms with E-state index in [1.165, 1.54) is 0 Å². The number of hydrogen-bond acceptors (Lipinski definition) is 3. The average molecular weight is 370 g/mol. The van der Waals surface area contributed by atoms with Gasteiger partial charge in [-0.2, -0.15) is 0 Å². The van der Waals surface area contributed by atoms with Crippen molar-refractivity contribution in [1.29, 1.82) is 0 Å². The van der Waals surface area contributed by atoms with E-state index in [-0.39, 0.29) is 6.04 Å². The van der Waals surface area contributed by atoms with Crippen LogP contribution in [-0.4, -0.2) is 20.7 Å². The van der Waals surface area contributed by atoms with Gasteiger partial charge >= 0.3 is 0 Å². The minimum Gasteiger partial charge on any atom is -0.497 e. The Morgan fingerprint density at radius 2 is 1.90 bits per heavy atom. The Balaban J connectivity index is 2.30. The lowest BCUT2D eigenvalue weighted by molar-refractivity contribution is 0.415. The monoisotopic (exact) mass is 368 g/mol. The highest BCUT2D eigenvalue weighted by molar-refractivity contribution is 9.10. The van der Waals surface area contributed by atoms with Gasteiger partial charge in [0.1, 0.15) is 5.75 Å². The first kappa shape index (κ1) is 16.1. The first-order chi connectivity index (χ1) is 10.1. The molecule has 21 heavy (non-hydrogen) atoms. The molecule has 2 aromatic carbocycles. The van der Waals surface area contributed by atoms with E-state index in [0.29, 0.717) is 11.6 Å². The fourth-order valence-corrected chi connectivity index (χ4v) is 3.06. The van der Waals surface area contributed by atoms with Gasteiger partial charge in [-0.25, -0.2) is 0 Å². The zero-order chi connectivity index (χ0) is 15.4. The van der Waals surface area contributed by atoms with Crippen molar-refractivity contribution in [3.05, 3.63) is 57.5 Å². The molecule has 5 heteroatoms. The highest BCUT2D eigenvalue weighted by Crippen LogP contribution is 2.32. The highest BCUT2D eigenvalue weighted by Gasteiger charge is 2.19. The van der Waals surface area contributed by atoms with E-state index >= 15 is 0 Å². The maximum absolute atomic E-state index is 6.35. The molecular formula is C16H18BrClN2O. The number of halogens is 2. The van der Waals surface area contributed by atoms with Crippen LogP contribution in [-0.2, 0) is 0 Å². The number of nitrogens with zero attached hydrogens (tertiary/aromatic N) is 1. The minimum atomic E-state index is 0.0130. The van der Waals surface area contributed by atoms with Crippen molar-refractivity contribution in [2.45, 2.75) is 6.04 Å². The van der Waals surface area contributed by atoms with Crippen LogP contribution >= 0.6 is 27.5 Å². The van der Waals surface area contributed by atoms with E-state index < -0.39 is 0 Å². The molecular weight excluding hydrogens is 352 g/mol. The van der Waals surface area contributed by atoms with E-state index in [1.807, 2.05) is 49.5 Å². The van der Waals surface area contributed by atoms with Crippen molar-refractivity contribution in [2.24, 2.45) is 5.73 Å². The fourth-order valence-electron chi connectivity index (χ4n) is 2.26. The summed E-state index contributed by atoms with van der Waals surface area (Å²) in [4.78, 5) is 2.12. The van der Waals surface area contributed by atoms with Crippen LogP contribution < -0.4 is 15.4 Å². The molecule has 0 spiro atoms. The van der Waals surface area contributed by atoms with Crippen molar-refractivity contribution >= 4 is 33.2 Å². The molecule has 112 valence electrons. The molecule has 2 aromatic rings. The number of benzene rings is 2. The molecule has 3 nitrogen and oxygen atoms in total. The van der Waals surface area contributed by atoms with Gasteiger partial charge in [0.15, 0.2) is 0 Å². The fraction of sp³-hybridized carbons (Fsp3) is 0.250. The Kier molecular flexibility index (Phi) is 5.51. The van der Waals surface area contributed by atoms with Gasteiger partial charge in [-0.1, -0.05) is 33.6 Å². The van der Waals surface area contributed by atoms with Gasteiger partial charge in [0, 0.05) is 28.8 Å². The number of anilines is 1. The summed E-state index contributed by atoms with van der Waals surface area (Å²) < 4.78 is 6.14. The Morgan fingerprint density at radius 1 is 1.24 bits per heavy atom. The lowest BCUT2D eigenvalue weighted by Crippen LogP contribution is -2.30. The summed E-state index contributed by atoms with van der Waals surface area (Å²) in [6.45, 7) is 0.476. The van der Waals surface area contributed by atoms with Crippen LogP contribution in [0.1, 0.15) is 11.6 Å². The van der Waals surface area contributed by atoms with Crippen molar-refractivity contribution in [3.63, 3.8) is 0 Å². The molecule has 0 radical (unpaired) electrons. The van der Waals surface area contributed by atoms with Gasteiger partial charge in [0.05, 0.1) is 13.2 Å². The van der Waals surface area contributed by atoms with Crippen LogP contribution in [0.3, 0.4) is 0 Å². The predicted octanol–water partition coefficient (Wildman–Crippen LogP) is 4.25. The first-order valence-corrected chi connectivity index (χ1v) is 7.75. The van der Waals surface area contributed by atoms with Crippen LogP contribution in [0.4, 0.5) is 5.69 Å². The number of likely N-dealkylation sites (N-methyl/N-ethyl adjacent to an activating group) is 1. The van der Waals surface area contributed by atoms with E-state index in [4.69, 9.17) is 22.1 Å².